The first kappa shape index (κ1) is 14.2. The summed E-state index contributed by atoms with van der Waals surface area (Å²) in [5, 5.41) is 9.45. The molecule has 1 aromatic carbocycles. The molecule has 3 rings (SSSR count). The van der Waals surface area contributed by atoms with Crippen LogP contribution in [-0.4, -0.2) is 52.9 Å². The summed E-state index contributed by atoms with van der Waals surface area (Å²) in [7, 11) is 0. The van der Waals surface area contributed by atoms with Crippen molar-refractivity contribution in [3.63, 3.8) is 0 Å². The molecule has 1 aliphatic rings. The van der Waals surface area contributed by atoms with Gasteiger partial charge in [-0.2, -0.15) is 0 Å². The van der Waals surface area contributed by atoms with Gasteiger partial charge in [0.15, 0.2) is 5.76 Å². The van der Waals surface area contributed by atoms with Gasteiger partial charge in [-0.1, -0.05) is 6.07 Å². The zero-order valence-corrected chi connectivity index (χ0v) is 11.9. The highest BCUT2D eigenvalue weighted by Crippen LogP contribution is 2.15. The Bertz CT molecular complexity index is 673. The monoisotopic (exact) mass is 300 g/mol. The molecule has 0 bridgehead atoms. The number of rotatable bonds is 2. The lowest BCUT2D eigenvalue weighted by Gasteiger charge is -2.34. The third-order valence-corrected chi connectivity index (χ3v) is 3.68. The third kappa shape index (κ3) is 2.81. The Labute approximate surface area is 127 Å². The molecule has 1 saturated heterocycles. The number of carbonyl (C=O) groups excluding carboxylic acids is 2. The second-order valence-corrected chi connectivity index (χ2v) is 5.11. The number of amides is 2. The number of phenols is 1. The predicted molar refractivity (Wildman–Crippen MR) is 78.6 cm³/mol. The lowest BCUT2D eigenvalue weighted by molar-refractivity contribution is 0.0518. The first-order valence-corrected chi connectivity index (χ1v) is 7.06. The number of benzene rings is 1. The summed E-state index contributed by atoms with van der Waals surface area (Å²) in [6.07, 6.45) is 1.47. The van der Waals surface area contributed by atoms with Gasteiger partial charge in [0.2, 0.25) is 0 Å². The molecule has 0 atom stereocenters. The summed E-state index contributed by atoms with van der Waals surface area (Å²) in [5.74, 6) is 0.0840. The normalized spacial score (nSPS) is 14.9. The molecular weight excluding hydrogens is 284 g/mol. The standard InChI is InChI=1S/C16H16N2O4/c19-13-4-1-3-12(11-13)15(20)17-6-8-18(9-7-17)16(21)14-5-2-10-22-14/h1-5,10-11,19H,6-9H2. The van der Waals surface area contributed by atoms with E-state index in [0.717, 1.165) is 0 Å². The average Bonchev–Trinajstić information content (AvgIpc) is 3.08. The minimum atomic E-state index is -0.158. The van der Waals surface area contributed by atoms with Crippen LogP contribution in [0.3, 0.4) is 0 Å². The van der Waals surface area contributed by atoms with Crippen molar-refractivity contribution >= 4 is 11.8 Å². The molecule has 1 N–H and O–H groups in total. The van der Waals surface area contributed by atoms with Gasteiger partial charge < -0.3 is 19.3 Å². The summed E-state index contributed by atoms with van der Waals surface area (Å²) in [6.45, 7) is 1.84. The van der Waals surface area contributed by atoms with Crippen LogP contribution in [0.4, 0.5) is 0 Å². The molecule has 0 aliphatic carbocycles. The lowest BCUT2D eigenvalue weighted by atomic mass is 10.1. The van der Waals surface area contributed by atoms with Crippen LogP contribution in [0.2, 0.25) is 0 Å². The second-order valence-electron chi connectivity index (χ2n) is 5.11. The van der Waals surface area contributed by atoms with Crippen LogP contribution >= 0.6 is 0 Å². The molecule has 0 spiro atoms. The molecule has 2 heterocycles. The van der Waals surface area contributed by atoms with E-state index in [1.807, 2.05) is 0 Å². The van der Waals surface area contributed by atoms with Crippen LogP contribution in [0.25, 0.3) is 0 Å². The van der Waals surface area contributed by atoms with Crippen molar-refractivity contribution in [2.24, 2.45) is 0 Å². The van der Waals surface area contributed by atoms with Crippen molar-refractivity contribution < 1.29 is 19.1 Å². The maximum absolute atomic E-state index is 12.3. The highest BCUT2D eigenvalue weighted by atomic mass is 16.3. The smallest absolute Gasteiger partial charge is 0.289 e. The predicted octanol–water partition coefficient (Wildman–Crippen LogP) is 1.58. The van der Waals surface area contributed by atoms with Gasteiger partial charge in [-0.15, -0.1) is 0 Å². The van der Waals surface area contributed by atoms with Crippen LogP contribution in [0.5, 0.6) is 5.75 Å². The summed E-state index contributed by atoms with van der Waals surface area (Å²) < 4.78 is 5.11. The maximum atomic E-state index is 12.3. The first-order chi connectivity index (χ1) is 10.6. The summed E-state index contributed by atoms with van der Waals surface area (Å²) in [6, 6.07) is 9.59. The summed E-state index contributed by atoms with van der Waals surface area (Å²) >= 11 is 0. The Balaban J connectivity index is 1.62. The fraction of sp³-hybridized carbons (Fsp3) is 0.250. The first-order valence-electron chi connectivity index (χ1n) is 7.06. The molecule has 0 saturated carbocycles. The van der Waals surface area contributed by atoms with Crippen LogP contribution in [0.15, 0.2) is 47.1 Å². The minimum absolute atomic E-state index is 0.0671. The van der Waals surface area contributed by atoms with Crippen LogP contribution < -0.4 is 0 Å². The number of piperazine rings is 1. The van der Waals surface area contributed by atoms with Crippen LogP contribution in [0, 0.1) is 0 Å². The number of phenolic OH excluding ortho intramolecular Hbond substituents is 1. The van der Waals surface area contributed by atoms with Crippen LogP contribution in [-0.2, 0) is 0 Å². The Morgan fingerprint density at radius 1 is 0.955 bits per heavy atom. The zero-order chi connectivity index (χ0) is 15.5. The summed E-state index contributed by atoms with van der Waals surface area (Å²) in [5.41, 5.74) is 0.450. The van der Waals surface area contributed by atoms with Gasteiger partial charge in [0, 0.05) is 31.7 Å². The molecule has 1 aliphatic heterocycles. The van der Waals surface area contributed by atoms with E-state index in [0.29, 0.717) is 37.5 Å². The number of nitrogens with zero attached hydrogens (tertiary/aromatic N) is 2. The fourth-order valence-corrected chi connectivity index (χ4v) is 2.49. The molecular formula is C16H16N2O4. The van der Waals surface area contributed by atoms with Gasteiger partial charge in [0.05, 0.1) is 6.26 Å². The molecule has 1 aromatic heterocycles. The molecule has 6 nitrogen and oxygen atoms in total. The Morgan fingerprint density at radius 2 is 1.64 bits per heavy atom. The SMILES string of the molecule is O=C(c1cccc(O)c1)N1CCN(C(=O)c2ccco2)CC1. The minimum Gasteiger partial charge on any atom is -0.508 e. The number of carbonyl (C=O) groups is 2. The van der Waals surface area contributed by atoms with Gasteiger partial charge >= 0.3 is 0 Å². The van der Waals surface area contributed by atoms with E-state index in [2.05, 4.69) is 0 Å². The van der Waals surface area contributed by atoms with Gasteiger partial charge in [-0.25, -0.2) is 0 Å². The van der Waals surface area contributed by atoms with E-state index >= 15 is 0 Å². The largest absolute Gasteiger partial charge is 0.508 e. The molecule has 22 heavy (non-hydrogen) atoms. The van der Waals surface area contributed by atoms with Crippen LogP contribution in [0.1, 0.15) is 20.9 Å². The topological polar surface area (TPSA) is 74.0 Å². The molecule has 2 amide bonds. The van der Waals surface area contributed by atoms with Gasteiger partial charge in [-0.05, 0) is 30.3 Å². The number of hydrogen-bond donors (Lipinski definition) is 1. The third-order valence-electron chi connectivity index (χ3n) is 3.68. The molecule has 0 radical (unpaired) electrons. The van der Waals surface area contributed by atoms with Crippen molar-refractivity contribution in [1.82, 2.24) is 9.80 Å². The van der Waals surface area contributed by atoms with Crippen molar-refractivity contribution in [3.05, 3.63) is 54.0 Å². The Morgan fingerprint density at radius 3 is 2.23 bits per heavy atom. The Hall–Kier alpha value is -2.76. The number of furan rings is 1. The van der Waals surface area contributed by atoms with Gasteiger partial charge in [-0.3, -0.25) is 9.59 Å². The van der Waals surface area contributed by atoms with Crippen molar-refractivity contribution in [1.29, 1.82) is 0 Å². The van der Waals surface area contributed by atoms with Crippen molar-refractivity contribution in [2.75, 3.05) is 26.2 Å². The van der Waals surface area contributed by atoms with Gasteiger partial charge in [0.25, 0.3) is 11.8 Å². The average molecular weight is 300 g/mol. The number of aromatic hydroxyl groups is 1. The highest BCUT2D eigenvalue weighted by molar-refractivity contribution is 5.95. The molecule has 0 unspecified atom stereocenters. The maximum Gasteiger partial charge on any atom is 0.289 e. The number of hydrogen-bond acceptors (Lipinski definition) is 4. The lowest BCUT2D eigenvalue weighted by Crippen LogP contribution is -2.50. The Kier molecular flexibility index (Phi) is 3.82. The molecule has 6 heteroatoms. The quantitative estimate of drug-likeness (QED) is 0.914. The molecule has 2 aromatic rings. The molecule has 114 valence electrons. The van der Waals surface area contributed by atoms with E-state index in [9.17, 15) is 14.7 Å². The van der Waals surface area contributed by atoms with E-state index in [1.54, 1.807) is 34.1 Å². The summed E-state index contributed by atoms with van der Waals surface area (Å²) in [4.78, 5) is 27.9. The fourth-order valence-electron chi connectivity index (χ4n) is 2.49. The van der Waals surface area contributed by atoms with E-state index < -0.39 is 0 Å². The second kappa shape index (κ2) is 5.93. The van der Waals surface area contributed by atoms with E-state index in [-0.39, 0.29) is 17.6 Å². The van der Waals surface area contributed by atoms with E-state index in [4.69, 9.17) is 4.42 Å². The highest BCUT2D eigenvalue weighted by Gasteiger charge is 2.26. The molecule has 1 fully saturated rings. The van der Waals surface area contributed by atoms with Crippen molar-refractivity contribution in [2.45, 2.75) is 0 Å². The van der Waals surface area contributed by atoms with E-state index in [1.165, 1.54) is 18.4 Å². The van der Waals surface area contributed by atoms with Crippen molar-refractivity contribution in [3.8, 4) is 5.75 Å². The zero-order valence-electron chi connectivity index (χ0n) is 11.9. The van der Waals surface area contributed by atoms with Gasteiger partial charge in [0.1, 0.15) is 5.75 Å².